The third-order valence-electron chi connectivity index (χ3n) is 3.59. The molecule has 0 saturated carbocycles. The van der Waals surface area contributed by atoms with Crippen molar-refractivity contribution in [3.8, 4) is 0 Å². The van der Waals surface area contributed by atoms with Crippen molar-refractivity contribution in [2.45, 2.75) is 25.4 Å². The van der Waals surface area contributed by atoms with Gasteiger partial charge in [-0.15, -0.1) is 12.4 Å². The molecule has 1 aromatic carbocycles. The average Bonchev–Trinajstić information content (AvgIpc) is 2.48. The highest BCUT2D eigenvalue weighted by Gasteiger charge is 2.25. The van der Waals surface area contributed by atoms with Crippen LogP contribution < -0.4 is 5.73 Å². The molecule has 0 atom stereocenters. The zero-order valence-electron chi connectivity index (χ0n) is 12.3. The van der Waals surface area contributed by atoms with Crippen molar-refractivity contribution in [1.82, 2.24) is 4.90 Å². The zero-order chi connectivity index (χ0) is 15.2. The summed E-state index contributed by atoms with van der Waals surface area (Å²) in [5.74, 6) is -0.740. The van der Waals surface area contributed by atoms with Crippen LogP contribution in [-0.4, -0.2) is 43.2 Å². The molecular weight excluding hydrogens is 375 g/mol. The Bertz CT molecular complexity index is 496. The van der Waals surface area contributed by atoms with Crippen molar-refractivity contribution in [3.63, 3.8) is 0 Å². The van der Waals surface area contributed by atoms with Gasteiger partial charge in [0.25, 0.3) is 5.91 Å². The van der Waals surface area contributed by atoms with Crippen LogP contribution in [0.3, 0.4) is 0 Å². The summed E-state index contributed by atoms with van der Waals surface area (Å²) in [6.07, 6.45) is 2.60. The molecular formula is C15H21BrClFN2O2. The van der Waals surface area contributed by atoms with E-state index in [1.807, 2.05) is 0 Å². The standard InChI is InChI=1S/C15H20BrFN2O2.ClH/c16-11-2-3-13(14(17)10-11)15(20)19-7-4-12(5-8-19)21-9-1-6-18;/h2-3,10,12H,1,4-9,18H2;1H. The first-order valence-corrected chi connectivity index (χ1v) is 7.97. The molecule has 0 unspecified atom stereocenters. The fourth-order valence-corrected chi connectivity index (χ4v) is 2.73. The van der Waals surface area contributed by atoms with E-state index in [4.69, 9.17) is 10.5 Å². The van der Waals surface area contributed by atoms with E-state index in [1.165, 1.54) is 12.1 Å². The normalized spacial score (nSPS) is 15.5. The second-order valence-electron chi connectivity index (χ2n) is 5.13. The van der Waals surface area contributed by atoms with Crippen LogP contribution in [0, 0.1) is 5.82 Å². The van der Waals surface area contributed by atoms with Gasteiger partial charge in [-0.2, -0.15) is 0 Å². The van der Waals surface area contributed by atoms with Crippen LogP contribution in [0.25, 0.3) is 0 Å². The highest BCUT2D eigenvalue weighted by atomic mass is 79.9. The van der Waals surface area contributed by atoms with Gasteiger partial charge in [0, 0.05) is 24.2 Å². The van der Waals surface area contributed by atoms with Crippen LogP contribution in [0.15, 0.2) is 22.7 Å². The summed E-state index contributed by atoms with van der Waals surface area (Å²) in [5.41, 5.74) is 5.55. The van der Waals surface area contributed by atoms with Gasteiger partial charge < -0.3 is 15.4 Å². The maximum atomic E-state index is 13.8. The lowest BCUT2D eigenvalue weighted by Crippen LogP contribution is -2.41. The predicted molar refractivity (Wildman–Crippen MR) is 89.9 cm³/mol. The number of likely N-dealkylation sites (tertiary alicyclic amines) is 1. The van der Waals surface area contributed by atoms with Gasteiger partial charge in [0.05, 0.1) is 11.7 Å². The van der Waals surface area contributed by atoms with Crippen molar-refractivity contribution < 1.29 is 13.9 Å². The minimum absolute atomic E-state index is 0. The maximum absolute atomic E-state index is 13.8. The highest BCUT2D eigenvalue weighted by Crippen LogP contribution is 2.20. The molecule has 0 aromatic heterocycles. The summed E-state index contributed by atoms with van der Waals surface area (Å²) in [6, 6.07) is 4.51. The van der Waals surface area contributed by atoms with E-state index in [9.17, 15) is 9.18 Å². The van der Waals surface area contributed by atoms with Gasteiger partial charge in [0.15, 0.2) is 0 Å². The summed E-state index contributed by atoms with van der Waals surface area (Å²) < 4.78 is 20.2. The number of piperidine rings is 1. The Kier molecular flexibility index (Phi) is 8.31. The number of amides is 1. The number of ether oxygens (including phenoxy) is 1. The molecule has 1 amide bonds. The molecule has 1 aromatic rings. The van der Waals surface area contributed by atoms with Crippen molar-refractivity contribution in [2.75, 3.05) is 26.2 Å². The number of hydrogen-bond acceptors (Lipinski definition) is 3. The lowest BCUT2D eigenvalue weighted by atomic mass is 10.1. The molecule has 1 heterocycles. The van der Waals surface area contributed by atoms with Crippen molar-refractivity contribution >= 4 is 34.2 Å². The number of halogens is 3. The molecule has 124 valence electrons. The molecule has 1 aliphatic heterocycles. The number of nitrogens with two attached hydrogens (primary N) is 1. The van der Waals surface area contributed by atoms with Crippen LogP contribution in [0.2, 0.25) is 0 Å². The fourth-order valence-electron chi connectivity index (χ4n) is 2.39. The molecule has 1 saturated heterocycles. The number of carbonyl (C=O) groups is 1. The molecule has 7 heteroatoms. The van der Waals surface area contributed by atoms with Crippen LogP contribution in [-0.2, 0) is 4.74 Å². The quantitative estimate of drug-likeness (QED) is 0.780. The summed E-state index contributed by atoms with van der Waals surface area (Å²) in [4.78, 5) is 14.0. The van der Waals surface area contributed by atoms with E-state index < -0.39 is 5.82 Å². The Morgan fingerprint density at radius 3 is 2.68 bits per heavy atom. The monoisotopic (exact) mass is 394 g/mol. The first-order chi connectivity index (χ1) is 10.1. The molecule has 0 aliphatic carbocycles. The Morgan fingerprint density at radius 1 is 1.41 bits per heavy atom. The van der Waals surface area contributed by atoms with Gasteiger partial charge in [0.2, 0.25) is 0 Å². The lowest BCUT2D eigenvalue weighted by molar-refractivity contribution is 0.00834. The largest absolute Gasteiger partial charge is 0.378 e. The van der Waals surface area contributed by atoms with Gasteiger partial charge >= 0.3 is 0 Å². The molecule has 2 N–H and O–H groups in total. The van der Waals surface area contributed by atoms with E-state index in [2.05, 4.69) is 15.9 Å². The summed E-state index contributed by atoms with van der Waals surface area (Å²) >= 11 is 3.19. The van der Waals surface area contributed by atoms with Gasteiger partial charge in [-0.3, -0.25) is 4.79 Å². The topological polar surface area (TPSA) is 55.6 Å². The number of carbonyl (C=O) groups excluding carboxylic acids is 1. The summed E-state index contributed by atoms with van der Waals surface area (Å²) in [7, 11) is 0. The third-order valence-corrected chi connectivity index (χ3v) is 4.09. The predicted octanol–water partition coefficient (Wildman–Crippen LogP) is 2.98. The first kappa shape index (κ1) is 19.4. The second-order valence-corrected chi connectivity index (χ2v) is 6.04. The van der Waals surface area contributed by atoms with Crippen LogP contribution in [0.5, 0.6) is 0 Å². The van der Waals surface area contributed by atoms with Crippen molar-refractivity contribution in [3.05, 3.63) is 34.1 Å². The molecule has 4 nitrogen and oxygen atoms in total. The summed E-state index contributed by atoms with van der Waals surface area (Å²) in [6.45, 7) is 2.49. The number of hydrogen-bond donors (Lipinski definition) is 1. The molecule has 0 bridgehead atoms. The van der Waals surface area contributed by atoms with Gasteiger partial charge in [-0.1, -0.05) is 15.9 Å². The van der Waals surface area contributed by atoms with Gasteiger partial charge in [0.1, 0.15) is 5.82 Å². The number of rotatable bonds is 5. The number of benzene rings is 1. The minimum Gasteiger partial charge on any atom is -0.378 e. The van der Waals surface area contributed by atoms with Gasteiger partial charge in [-0.25, -0.2) is 4.39 Å². The van der Waals surface area contributed by atoms with E-state index in [1.54, 1.807) is 11.0 Å². The smallest absolute Gasteiger partial charge is 0.256 e. The molecule has 0 spiro atoms. The minimum atomic E-state index is -0.490. The SMILES string of the molecule is Cl.NCCCOC1CCN(C(=O)c2ccc(Br)cc2F)CC1. The zero-order valence-corrected chi connectivity index (χ0v) is 14.7. The Morgan fingerprint density at radius 2 is 2.09 bits per heavy atom. The molecule has 0 radical (unpaired) electrons. The maximum Gasteiger partial charge on any atom is 0.256 e. The molecule has 1 aliphatic rings. The number of nitrogens with zero attached hydrogens (tertiary/aromatic N) is 1. The van der Waals surface area contributed by atoms with E-state index >= 15 is 0 Å². The lowest BCUT2D eigenvalue weighted by Gasteiger charge is -2.32. The van der Waals surface area contributed by atoms with Crippen molar-refractivity contribution in [1.29, 1.82) is 0 Å². The van der Waals surface area contributed by atoms with Crippen LogP contribution >= 0.6 is 28.3 Å². The van der Waals surface area contributed by atoms with E-state index in [0.29, 0.717) is 30.7 Å². The van der Waals surface area contributed by atoms with Crippen LogP contribution in [0.4, 0.5) is 4.39 Å². The average molecular weight is 396 g/mol. The second kappa shape index (κ2) is 9.45. The Hall–Kier alpha value is -0.690. The van der Waals surface area contributed by atoms with E-state index in [-0.39, 0.29) is 30.0 Å². The van der Waals surface area contributed by atoms with Crippen molar-refractivity contribution in [2.24, 2.45) is 5.73 Å². The Balaban J connectivity index is 0.00000242. The molecule has 2 rings (SSSR count). The molecule has 22 heavy (non-hydrogen) atoms. The highest BCUT2D eigenvalue weighted by molar-refractivity contribution is 9.10. The third kappa shape index (κ3) is 5.19. The Labute approximate surface area is 144 Å². The van der Waals surface area contributed by atoms with Crippen LogP contribution in [0.1, 0.15) is 29.6 Å². The summed E-state index contributed by atoms with van der Waals surface area (Å²) in [5, 5.41) is 0. The fraction of sp³-hybridized carbons (Fsp3) is 0.533. The first-order valence-electron chi connectivity index (χ1n) is 7.18. The van der Waals surface area contributed by atoms with Gasteiger partial charge in [-0.05, 0) is 44.0 Å². The molecule has 1 fully saturated rings. The van der Waals surface area contributed by atoms with E-state index in [0.717, 1.165) is 19.3 Å².